The molecule has 126 valence electrons. The molecule has 1 unspecified atom stereocenters. The zero-order chi connectivity index (χ0) is 16.8. The first-order valence-electron chi connectivity index (χ1n) is 7.36. The highest BCUT2D eigenvalue weighted by atomic mass is 19.4. The summed E-state index contributed by atoms with van der Waals surface area (Å²) in [7, 11) is 0. The maximum atomic E-state index is 13.1. The Balaban J connectivity index is 2.00. The molecule has 2 aromatic rings. The molecule has 2 aromatic heterocycles. The predicted molar refractivity (Wildman–Crippen MR) is 73.8 cm³/mol. The standard InChI is InChI=1S/C13H16F3N5O2/c1-2-5-12(23,13(14,15)16)6-20-7-17-10-9(11(20)22)18-19-21(10)8-3-4-8/h7-8,23H,2-6H2,1H3. The van der Waals surface area contributed by atoms with Gasteiger partial charge in [-0.15, -0.1) is 5.10 Å². The summed E-state index contributed by atoms with van der Waals surface area (Å²) in [5.74, 6) is 0. The van der Waals surface area contributed by atoms with Crippen molar-refractivity contribution in [2.45, 2.75) is 57.0 Å². The van der Waals surface area contributed by atoms with Crippen LogP contribution in [0.4, 0.5) is 13.2 Å². The molecule has 1 N–H and O–H groups in total. The number of nitrogens with zero attached hydrogens (tertiary/aromatic N) is 5. The van der Waals surface area contributed by atoms with Crippen molar-refractivity contribution in [3.05, 3.63) is 16.7 Å². The van der Waals surface area contributed by atoms with Gasteiger partial charge >= 0.3 is 6.18 Å². The van der Waals surface area contributed by atoms with Crippen LogP contribution in [0, 0.1) is 0 Å². The molecule has 2 heterocycles. The Labute approximate surface area is 128 Å². The first-order chi connectivity index (χ1) is 10.8. The number of hydrogen-bond acceptors (Lipinski definition) is 5. The van der Waals surface area contributed by atoms with Crippen molar-refractivity contribution in [2.24, 2.45) is 0 Å². The van der Waals surface area contributed by atoms with Gasteiger partial charge in [-0.3, -0.25) is 9.36 Å². The molecule has 0 aliphatic heterocycles. The number of fused-ring (bicyclic) bond motifs is 1. The van der Waals surface area contributed by atoms with Crippen LogP contribution in [-0.4, -0.2) is 41.4 Å². The van der Waals surface area contributed by atoms with Crippen molar-refractivity contribution in [3.8, 4) is 0 Å². The van der Waals surface area contributed by atoms with Crippen molar-refractivity contribution < 1.29 is 18.3 Å². The molecule has 1 saturated carbocycles. The molecule has 0 saturated heterocycles. The van der Waals surface area contributed by atoms with E-state index in [1.54, 1.807) is 0 Å². The van der Waals surface area contributed by atoms with Crippen molar-refractivity contribution in [3.63, 3.8) is 0 Å². The topological polar surface area (TPSA) is 85.8 Å². The SMILES string of the molecule is CCCC(O)(Cn1cnc2c(nnn2C2CC2)c1=O)C(F)(F)F. The van der Waals surface area contributed by atoms with Gasteiger partial charge in [-0.2, -0.15) is 13.2 Å². The highest BCUT2D eigenvalue weighted by Crippen LogP contribution is 2.36. The van der Waals surface area contributed by atoms with Gasteiger partial charge in [-0.25, -0.2) is 9.67 Å². The fraction of sp³-hybridized carbons (Fsp3) is 0.692. The smallest absolute Gasteiger partial charge is 0.379 e. The van der Waals surface area contributed by atoms with E-state index < -0.39 is 30.3 Å². The molecule has 10 heteroatoms. The maximum Gasteiger partial charge on any atom is 0.418 e. The van der Waals surface area contributed by atoms with Crippen LogP contribution in [0.3, 0.4) is 0 Å². The summed E-state index contributed by atoms with van der Waals surface area (Å²) in [6.45, 7) is 0.616. The van der Waals surface area contributed by atoms with Crippen LogP contribution in [0.25, 0.3) is 11.2 Å². The Morgan fingerprint density at radius 1 is 1.39 bits per heavy atom. The van der Waals surface area contributed by atoms with Gasteiger partial charge in [-0.05, 0) is 19.3 Å². The van der Waals surface area contributed by atoms with E-state index in [1.165, 1.54) is 11.6 Å². The Morgan fingerprint density at radius 2 is 2.09 bits per heavy atom. The predicted octanol–water partition coefficient (Wildman–Crippen LogP) is 1.42. The fourth-order valence-corrected chi connectivity index (χ4v) is 2.54. The van der Waals surface area contributed by atoms with E-state index in [0.717, 1.165) is 23.7 Å². The summed E-state index contributed by atoms with van der Waals surface area (Å²) in [4.78, 5) is 16.3. The normalized spacial score (nSPS) is 18.3. The molecule has 0 aromatic carbocycles. The van der Waals surface area contributed by atoms with E-state index in [-0.39, 0.29) is 23.6 Å². The summed E-state index contributed by atoms with van der Waals surface area (Å²) < 4.78 is 41.6. The molecule has 23 heavy (non-hydrogen) atoms. The lowest BCUT2D eigenvalue weighted by Crippen LogP contribution is -2.50. The third-order valence-corrected chi connectivity index (χ3v) is 3.97. The second-order valence-electron chi connectivity index (χ2n) is 5.89. The lowest BCUT2D eigenvalue weighted by Gasteiger charge is -2.30. The van der Waals surface area contributed by atoms with Gasteiger partial charge in [0.25, 0.3) is 5.56 Å². The lowest BCUT2D eigenvalue weighted by atomic mass is 9.97. The van der Waals surface area contributed by atoms with Crippen LogP contribution in [-0.2, 0) is 6.54 Å². The quantitative estimate of drug-likeness (QED) is 0.895. The first-order valence-corrected chi connectivity index (χ1v) is 7.36. The highest BCUT2D eigenvalue weighted by Gasteiger charge is 2.53. The maximum absolute atomic E-state index is 13.1. The van der Waals surface area contributed by atoms with Crippen molar-refractivity contribution in [2.75, 3.05) is 0 Å². The van der Waals surface area contributed by atoms with Gasteiger partial charge in [0, 0.05) is 0 Å². The zero-order valence-electron chi connectivity index (χ0n) is 12.4. The monoisotopic (exact) mass is 331 g/mol. The van der Waals surface area contributed by atoms with Crippen LogP contribution >= 0.6 is 0 Å². The molecule has 0 amide bonds. The number of rotatable bonds is 5. The number of hydrogen-bond donors (Lipinski definition) is 1. The number of aromatic nitrogens is 5. The van der Waals surface area contributed by atoms with Gasteiger partial charge in [0.15, 0.2) is 16.8 Å². The second-order valence-corrected chi connectivity index (χ2v) is 5.89. The lowest BCUT2D eigenvalue weighted by molar-refractivity contribution is -0.267. The van der Waals surface area contributed by atoms with Crippen molar-refractivity contribution >= 4 is 11.2 Å². The third-order valence-electron chi connectivity index (χ3n) is 3.97. The summed E-state index contributed by atoms with van der Waals surface area (Å²) in [6, 6.07) is 0.148. The van der Waals surface area contributed by atoms with Gasteiger partial charge in [0.2, 0.25) is 0 Å². The molecular formula is C13H16F3N5O2. The average Bonchev–Trinajstić information content (AvgIpc) is 3.21. The average molecular weight is 331 g/mol. The Bertz CT molecular complexity index is 780. The van der Waals surface area contributed by atoms with Crippen LogP contribution < -0.4 is 5.56 Å². The van der Waals surface area contributed by atoms with Crippen LogP contribution in [0.15, 0.2) is 11.1 Å². The van der Waals surface area contributed by atoms with Crippen molar-refractivity contribution in [1.29, 1.82) is 0 Å². The first kappa shape index (κ1) is 15.9. The molecule has 1 aliphatic carbocycles. The number of alkyl halides is 3. The zero-order valence-corrected chi connectivity index (χ0v) is 12.4. The largest absolute Gasteiger partial charge is 0.418 e. The molecule has 0 spiro atoms. The summed E-state index contributed by atoms with van der Waals surface area (Å²) in [5, 5.41) is 17.5. The van der Waals surface area contributed by atoms with E-state index in [9.17, 15) is 23.1 Å². The van der Waals surface area contributed by atoms with Crippen LogP contribution in [0.1, 0.15) is 38.6 Å². The van der Waals surface area contributed by atoms with E-state index in [1.807, 2.05) is 0 Å². The Morgan fingerprint density at radius 3 is 2.65 bits per heavy atom. The molecule has 3 rings (SSSR count). The van der Waals surface area contributed by atoms with Gasteiger partial charge in [0.1, 0.15) is 6.33 Å². The minimum absolute atomic E-state index is 0.0829. The molecule has 0 radical (unpaired) electrons. The fourth-order valence-electron chi connectivity index (χ4n) is 2.54. The minimum atomic E-state index is -4.84. The van der Waals surface area contributed by atoms with E-state index in [4.69, 9.17) is 0 Å². The molecule has 0 bridgehead atoms. The summed E-state index contributed by atoms with van der Waals surface area (Å²) in [6.07, 6.45) is -2.39. The molecule has 1 atom stereocenters. The highest BCUT2D eigenvalue weighted by molar-refractivity contribution is 5.68. The summed E-state index contributed by atoms with van der Waals surface area (Å²) in [5.41, 5.74) is -3.53. The second kappa shape index (κ2) is 5.29. The van der Waals surface area contributed by atoms with E-state index in [2.05, 4.69) is 15.3 Å². The number of halogens is 3. The van der Waals surface area contributed by atoms with E-state index in [0.29, 0.717) is 0 Å². The van der Waals surface area contributed by atoms with Gasteiger partial charge < -0.3 is 5.11 Å². The number of aliphatic hydroxyl groups is 1. The van der Waals surface area contributed by atoms with E-state index >= 15 is 0 Å². The van der Waals surface area contributed by atoms with Crippen LogP contribution in [0.2, 0.25) is 0 Å². The Hall–Kier alpha value is -1.97. The van der Waals surface area contributed by atoms with Crippen LogP contribution in [0.5, 0.6) is 0 Å². The molecule has 1 fully saturated rings. The summed E-state index contributed by atoms with van der Waals surface area (Å²) >= 11 is 0. The molecule has 7 nitrogen and oxygen atoms in total. The third kappa shape index (κ3) is 2.71. The molecular weight excluding hydrogens is 315 g/mol. The van der Waals surface area contributed by atoms with Crippen molar-refractivity contribution in [1.82, 2.24) is 24.5 Å². The molecule has 1 aliphatic rings. The van der Waals surface area contributed by atoms with Gasteiger partial charge in [-0.1, -0.05) is 18.6 Å². The van der Waals surface area contributed by atoms with Gasteiger partial charge in [0.05, 0.1) is 12.6 Å². The minimum Gasteiger partial charge on any atom is -0.379 e. The Kier molecular flexibility index (Phi) is 3.66.